The number of nitrogens with zero attached hydrogens (tertiary/aromatic N) is 4. The van der Waals surface area contributed by atoms with Crippen LogP contribution in [0.5, 0.6) is 0 Å². The van der Waals surface area contributed by atoms with Crippen LogP contribution in [0.4, 0.5) is 0 Å². The fourth-order valence-corrected chi connectivity index (χ4v) is 3.11. The highest BCUT2D eigenvalue weighted by Crippen LogP contribution is 2.17. The molecule has 0 bridgehead atoms. The number of aromatic nitrogens is 3. The van der Waals surface area contributed by atoms with E-state index < -0.39 is 0 Å². The van der Waals surface area contributed by atoms with Crippen molar-refractivity contribution in [2.45, 2.75) is 18.0 Å². The van der Waals surface area contributed by atoms with E-state index in [1.807, 2.05) is 24.4 Å². The lowest BCUT2D eigenvalue weighted by atomic mass is 10.4. The molecule has 3 heterocycles. The van der Waals surface area contributed by atoms with Crippen molar-refractivity contribution >= 4 is 17.4 Å². The van der Waals surface area contributed by atoms with Gasteiger partial charge in [0.1, 0.15) is 0 Å². The standard InChI is InChI=1S/C12H16N4S/c1-2-8-16-11(5-1)13-14-12(16)17-10-9-15-6-3-4-7-15/h1-2,5,8H,3-4,6-7,9-10H2. The molecule has 0 atom stereocenters. The van der Waals surface area contributed by atoms with Gasteiger partial charge in [-0.15, -0.1) is 10.2 Å². The van der Waals surface area contributed by atoms with E-state index in [1.165, 1.54) is 25.9 Å². The molecule has 1 fully saturated rings. The van der Waals surface area contributed by atoms with Crippen LogP contribution >= 0.6 is 11.8 Å². The smallest absolute Gasteiger partial charge is 0.195 e. The van der Waals surface area contributed by atoms with Crippen LogP contribution in [0.1, 0.15) is 12.8 Å². The van der Waals surface area contributed by atoms with Crippen LogP contribution in [0.15, 0.2) is 29.6 Å². The summed E-state index contributed by atoms with van der Waals surface area (Å²) in [6.45, 7) is 3.69. The molecule has 1 saturated heterocycles. The van der Waals surface area contributed by atoms with Gasteiger partial charge in [-0.2, -0.15) is 0 Å². The van der Waals surface area contributed by atoms with E-state index in [0.29, 0.717) is 0 Å². The molecule has 1 aliphatic rings. The van der Waals surface area contributed by atoms with E-state index in [-0.39, 0.29) is 0 Å². The quantitative estimate of drug-likeness (QED) is 0.774. The van der Waals surface area contributed by atoms with Crippen molar-refractivity contribution in [3.63, 3.8) is 0 Å². The Morgan fingerprint density at radius 1 is 1.18 bits per heavy atom. The predicted molar refractivity (Wildman–Crippen MR) is 69.4 cm³/mol. The van der Waals surface area contributed by atoms with Crippen LogP contribution in [0, 0.1) is 0 Å². The molecule has 90 valence electrons. The SMILES string of the molecule is c1ccn2c(SCCN3CCCC3)nnc2c1. The molecule has 0 unspecified atom stereocenters. The minimum Gasteiger partial charge on any atom is -0.303 e. The zero-order valence-electron chi connectivity index (χ0n) is 9.75. The molecule has 1 aliphatic heterocycles. The van der Waals surface area contributed by atoms with Gasteiger partial charge in [0, 0.05) is 18.5 Å². The topological polar surface area (TPSA) is 33.4 Å². The Bertz CT molecular complexity index is 490. The highest BCUT2D eigenvalue weighted by molar-refractivity contribution is 7.99. The maximum atomic E-state index is 4.22. The molecule has 5 heteroatoms. The van der Waals surface area contributed by atoms with E-state index in [4.69, 9.17) is 0 Å². The van der Waals surface area contributed by atoms with E-state index in [2.05, 4.69) is 19.5 Å². The molecule has 0 radical (unpaired) electrons. The van der Waals surface area contributed by atoms with Crippen molar-refractivity contribution in [1.82, 2.24) is 19.5 Å². The highest BCUT2D eigenvalue weighted by atomic mass is 32.2. The first-order valence-corrected chi connectivity index (χ1v) is 7.07. The van der Waals surface area contributed by atoms with Gasteiger partial charge in [0.15, 0.2) is 10.8 Å². The van der Waals surface area contributed by atoms with E-state index in [1.54, 1.807) is 11.8 Å². The minimum atomic E-state index is 0.927. The van der Waals surface area contributed by atoms with Crippen molar-refractivity contribution in [1.29, 1.82) is 0 Å². The van der Waals surface area contributed by atoms with Crippen molar-refractivity contribution in [3.8, 4) is 0 Å². The van der Waals surface area contributed by atoms with Crippen molar-refractivity contribution < 1.29 is 0 Å². The molecule has 2 aromatic heterocycles. The molecule has 4 nitrogen and oxygen atoms in total. The number of likely N-dealkylation sites (tertiary alicyclic amines) is 1. The zero-order chi connectivity index (χ0) is 11.5. The first kappa shape index (κ1) is 11.0. The third kappa shape index (κ3) is 2.45. The number of thioether (sulfide) groups is 1. The molecule has 0 N–H and O–H groups in total. The van der Waals surface area contributed by atoms with Crippen LogP contribution in [-0.4, -0.2) is 44.9 Å². The molecule has 17 heavy (non-hydrogen) atoms. The lowest BCUT2D eigenvalue weighted by Crippen LogP contribution is -2.21. The molecule has 2 aromatic rings. The summed E-state index contributed by atoms with van der Waals surface area (Å²) < 4.78 is 2.05. The van der Waals surface area contributed by atoms with Gasteiger partial charge >= 0.3 is 0 Å². The lowest BCUT2D eigenvalue weighted by Gasteiger charge is -2.12. The fourth-order valence-electron chi connectivity index (χ4n) is 2.19. The first-order valence-electron chi connectivity index (χ1n) is 6.08. The van der Waals surface area contributed by atoms with E-state index >= 15 is 0 Å². The fraction of sp³-hybridized carbons (Fsp3) is 0.500. The molecule has 0 saturated carbocycles. The van der Waals surface area contributed by atoms with Gasteiger partial charge in [0.05, 0.1) is 0 Å². The normalized spacial score (nSPS) is 16.9. The van der Waals surface area contributed by atoms with Crippen LogP contribution in [0.2, 0.25) is 0 Å². The molecule has 0 aromatic carbocycles. The van der Waals surface area contributed by atoms with Gasteiger partial charge in [-0.05, 0) is 38.1 Å². The summed E-state index contributed by atoms with van der Waals surface area (Å²) >= 11 is 1.79. The Kier molecular flexibility index (Phi) is 3.29. The lowest BCUT2D eigenvalue weighted by molar-refractivity contribution is 0.362. The van der Waals surface area contributed by atoms with Gasteiger partial charge in [0.2, 0.25) is 0 Å². The monoisotopic (exact) mass is 248 g/mol. The first-order chi connectivity index (χ1) is 8.43. The predicted octanol–water partition coefficient (Wildman–Crippen LogP) is 1.92. The highest BCUT2D eigenvalue weighted by Gasteiger charge is 2.11. The van der Waals surface area contributed by atoms with Gasteiger partial charge in [-0.25, -0.2) is 0 Å². The molecule has 0 spiro atoms. The van der Waals surface area contributed by atoms with E-state index in [9.17, 15) is 0 Å². The summed E-state index contributed by atoms with van der Waals surface area (Å²) in [5.74, 6) is 1.09. The maximum Gasteiger partial charge on any atom is 0.195 e. The third-order valence-corrected chi connectivity index (χ3v) is 4.04. The second-order valence-corrected chi connectivity index (χ2v) is 5.37. The Hall–Kier alpha value is -1.07. The molecular weight excluding hydrogens is 232 g/mol. The summed E-state index contributed by atoms with van der Waals surface area (Å²) in [6, 6.07) is 5.99. The van der Waals surface area contributed by atoms with Gasteiger partial charge in [-0.1, -0.05) is 17.8 Å². The summed E-state index contributed by atoms with van der Waals surface area (Å²) in [5, 5.41) is 9.36. The number of pyridine rings is 1. The van der Waals surface area contributed by atoms with Gasteiger partial charge in [-0.3, -0.25) is 4.40 Å². The second-order valence-electron chi connectivity index (χ2n) is 4.31. The van der Waals surface area contributed by atoms with Gasteiger partial charge < -0.3 is 4.90 Å². The Morgan fingerprint density at radius 2 is 2.06 bits per heavy atom. The Labute approximate surface area is 105 Å². The summed E-state index contributed by atoms with van der Waals surface area (Å²) in [4.78, 5) is 2.52. The molecular formula is C12H16N4S. The zero-order valence-corrected chi connectivity index (χ0v) is 10.6. The average Bonchev–Trinajstić information content (AvgIpc) is 2.99. The summed E-state index contributed by atoms with van der Waals surface area (Å²) in [5.41, 5.74) is 0.927. The molecule has 3 rings (SSSR count). The Morgan fingerprint density at radius 3 is 2.94 bits per heavy atom. The van der Waals surface area contributed by atoms with Gasteiger partial charge in [0.25, 0.3) is 0 Å². The average molecular weight is 248 g/mol. The third-order valence-electron chi connectivity index (χ3n) is 3.12. The van der Waals surface area contributed by atoms with Crippen LogP contribution in [-0.2, 0) is 0 Å². The maximum absolute atomic E-state index is 4.22. The molecule has 0 aliphatic carbocycles. The summed E-state index contributed by atoms with van der Waals surface area (Å²) in [7, 11) is 0. The summed E-state index contributed by atoms with van der Waals surface area (Å²) in [6.07, 6.45) is 4.74. The van der Waals surface area contributed by atoms with Crippen molar-refractivity contribution in [2.24, 2.45) is 0 Å². The minimum absolute atomic E-state index is 0.927. The number of hydrogen-bond acceptors (Lipinski definition) is 4. The number of rotatable bonds is 4. The molecule has 0 amide bonds. The number of fused-ring (bicyclic) bond motifs is 1. The second kappa shape index (κ2) is 5.06. The van der Waals surface area contributed by atoms with E-state index in [0.717, 1.165) is 23.1 Å². The van der Waals surface area contributed by atoms with Crippen molar-refractivity contribution in [3.05, 3.63) is 24.4 Å². The van der Waals surface area contributed by atoms with Crippen molar-refractivity contribution in [2.75, 3.05) is 25.4 Å². The Balaban J connectivity index is 1.60. The van der Waals surface area contributed by atoms with Crippen LogP contribution in [0.25, 0.3) is 5.65 Å². The largest absolute Gasteiger partial charge is 0.303 e. The van der Waals surface area contributed by atoms with Crippen LogP contribution in [0.3, 0.4) is 0 Å². The number of hydrogen-bond donors (Lipinski definition) is 0. The van der Waals surface area contributed by atoms with Crippen LogP contribution < -0.4 is 0 Å².